The molecular weight excluding hydrogens is 274 g/mol. The Bertz CT molecular complexity index is 438. The maximum Gasteiger partial charge on any atom is 0.168 e. The van der Waals surface area contributed by atoms with E-state index in [-0.39, 0.29) is 0 Å². The zero-order valence-corrected chi connectivity index (χ0v) is 10.6. The number of benzene rings is 1. The number of hydrogen-bond donors (Lipinski definition) is 1. The number of anilines is 1. The van der Waals surface area contributed by atoms with Crippen molar-refractivity contribution in [3.8, 4) is 11.3 Å². The Kier molecular flexibility index (Phi) is 3.33. The van der Waals surface area contributed by atoms with Gasteiger partial charge in [0.25, 0.3) is 0 Å². The molecule has 1 aromatic carbocycles. The van der Waals surface area contributed by atoms with Crippen molar-refractivity contribution in [2.45, 2.75) is 6.92 Å². The second kappa shape index (κ2) is 4.72. The Morgan fingerprint density at radius 2 is 2.00 bits per heavy atom. The van der Waals surface area contributed by atoms with Crippen LogP contribution in [0.5, 0.6) is 0 Å². The fraction of sp³-hybridized carbons (Fsp3) is 0.200. The summed E-state index contributed by atoms with van der Waals surface area (Å²) >= 11 is 4.64. The second-order valence-corrected chi connectivity index (χ2v) is 4.44. The lowest BCUT2D eigenvalue weighted by Crippen LogP contribution is -1.98. The van der Waals surface area contributed by atoms with Crippen molar-refractivity contribution in [2.75, 3.05) is 11.9 Å². The normalized spacial score (nSPS) is 10.3. The van der Waals surface area contributed by atoms with Gasteiger partial charge in [0, 0.05) is 16.6 Å². The average molecular weight is 284 g/mol. The van der Waals surface area contributed by atoms with E-state index in [0.717, 1.165) is 28.1 Å². The highest BCUT2D eigenvalue weighted by molar-refractivity contribution is 9.10. The number of hydrogen-bond acceptors (Lipinski definition) is 4. The van der Waals surface area contributed by atoms with Gasteiger partial charge in [0.2, 0.25) is 0 Å². The number of rotatable bonds is 3. The smallest absolute Gasteiger partial charge is 0.168 e. The van der Waals surface area contributed by atoms with Crippen molar-refractivity contribution >= 4 is 33.5 Å². The molecule has 0 saturated heterocycles. The summed E-state index contributed by atoms with van der Waals surface area (Å²) in [6.45, 7) is 2.90. The Hall–Kier alpha value is -0.940. The minimum Gasteiger partial charge on any atom is -0.368 e. The van der Waals surface area contributed by atoms with E-state index in [1.807, 2.05) is 31.2 Å². The highest BCUT2D eigenvalue weighted by Gasteiger charge is 2.08. The largest absolute Gasteiger partial charge is 0.368 e. The van der Waals surface area contributed by atoms with Crippen molar-refractivity contribution in [1.82, 2.24) is 8.75 Å². The lowest BCUT2D eigenvalue weighted by atomic mass is 10.1. The number of nitrogens with zero attached hydrogens (tertiary/aromatic N) is 2. The van der Waals surface area contributed by atoms with Gasteiger partial charge in [-0.3, -0.25) is 0 Å². The van der Waals surface area contributed by atoms with Gasteiger partial charge in [0.1, 0.15) is 5.69 Å². The van der Waals surface area contributed by atoms with Crippen LogP contribution in [0.3, 0.4) is 0 Å². The summed E-state index contributed by atoms with van der Waals surface area (Å²) in [6.07, 6.45) is 0. The molecule has 0 atom stereocenters. The van der Waals surface area contributed by atoms with Crippen LogP contribution < -0.4 is 5.32 Å². The van der Waals surface area contributed by atoms with Crippen molar-refractivity contribution in [1.29, 1.82) is 0 Å². The summed E-state index contributed by atoms with van der Waals surface area (Å²) in [5, 5.41) is 3.19. The van der Waals surface area contributed by atoms with Crippen molar-refractivity contribution in [2.24, 2.45) is 0 Å². The summed E-state index contributed by atoms with van der Waals surface area (Å²) < 4.78 is 9.57. The van der Waals surface area contributed by atoms with E-state index < -0.39 is 0 Å². The third-order valence-electron chi connectivity index (χ3n) is 1.95. The van der Waals surface area contributed by atoms with Crippen LogP contribution in [0, 0.1) is 0 Å². The number of aromatic nitrogens is 2. The maximum atomic E-state index is 4.29. The molecule has 0 unspecified atom stereocenters. The Morgan fingerprint density at radius 3 is 2.67 bits per heavy atom. The molecule has 1 heterocycles. The van der Waals surface area contributed by atoms with Gasteiger partial charge in [-0.05, 0) is 19.1 Å². The molecule has 2 rings (SSSR count). The summed E-state index contributed by atoms with van der Waals surface area (Å²) in [5.41, 5.74) is 2.01. The van der Waals surface area contributed by atoms with Crippen LogP contribution >= 0.6 is 27.7 Å². The molecule has 5 heteroatoms. The molecule has 1 aromatic heterocycles. The minimum absolute atomic E-state index is 0.856. The van der Waals surface area contributed by atoms with Gasteiger partial charge in [0.05, 0.1) is 11.7 Å². The molecule has 2 aromatic rings. The Morgan fingerprint density at radius 1 is 1.27 bits per heavy atom. The standard InChI is InChI=1S/C10H10BrN3S/c1-2-12-10-9(13-15-14-10)7-3-5-8(11)6-4-7/h3-6H,2H2,1H3,(H,12,14). The minimum atomic E-state index is 0.856. The predicted molar refractivity (Wildman–Crippen MR) is 67.2 cm³/mol. The third-order valence-corrected chi connectivity index (χ3v) is 3.01. The van der Waals surface area contributed by atoms with E-state index in [9.17, 15) is 0 Å². The molecule has 78 valence electrons. The van der Waals surface area contributed by atoms with Crippen LogP contribution in [0.2, 0.25) is 0 Å². The van der Waals surface area contributed by atoms with Crippen LogP contribution in [0.4, 0.5) is 5.82 Å². The van der Waals surface area contributed by atoms with Gasteiger partial charge in [-0.2, -0.15) is 8.75 Å². The highest BCUT2D eigenvalue weighted by atomic mass is 79.9. The van der Waals surface area contributed by atoms with Crippen molar-refractivity contribution < 1.29 is 0 Å². The van der Waals surface area contributed by atoms with E-state index >= 15 is 0 Å². The molecule has 0 fully saturated rings. The van der Waals surface area contributed by atoms with Crippen LogP contribution in [-0.4, -0.2) is 15.3 Å². The van der Waals surface area contributed by atoms with Gasteiger partial charge >= 0.3 is 0 Å². The first-order chi connectivity index (χ1) is 7.31. The quantitative estimate of drug-likeness (QED) is 0.938. The summed E-state index contributed by atoms with van der Waals surface area (Å²) in [6, 6.07) is 8.07. The maximum absolute atomic E-state index is 4.29. The van der Waals surface area contributed by atoms with Gasteiger partial charge in [-0.15, -0.1) is 0 Å². The van der Waals surface area contributed by atoms with Gasteiger partial charge in [0.15, 0.2) is 5.82 Å². The van der Waals surface area contributed by atoms with E-state index in [0.29, 0.717) is 0 Å². The molecule has 0 bridgehead atoms. The van der Waals surface area contributed by atoms with Crippen LogP contribution in [0.1, 0.15) is 6.92 Å². The zero-order chi connectivity index (χ0) is 10.7. The molecule has 0 saturated carbocycles. The number of halogens is 1. The molecule has 1 N–H and O–H groups in total. The Balaban J connectivity index is 2.36. The Labute approximate surface area is 101 Å². The van der Waals surface area contributed by atoms with Crippen LogP contribution in [0.25, 0.3) is 11.3 Å². The van der Waals surface area contributed by atoms with Crippen LogP contribution in [-0.2, 0) is 0 Å². The van der Waals surface area contributed by atoms with Crippen LogP contribution in [0.15, 0.2) is 28.7 Å². The first kappa shape index (κ1) is 10.6. The van der Waals surface area contributed by atoms with E-state index in [1.54, 1.807) is 0 Å². The van der Waals surface area contributed by atoms with E-state index in [4.69, 9.17) is 0 Å². The molecule has 0 aliphatic heterocycles. The molecule has 0 spiro atoms. The highest BCUT2D eigenvalue weighted by Crippen LogP contribution is 2.26. The first-order valence-electron chi connectivity index (χ1n) is 4.63. The molecule has 3 nitrogen and oxygen atoms in total. The molecule has 0 aliphatic rings. The summed E-state index contributed by atoms with van der Waals surface area (Å²) in [5.74, 6) is 0.866. The SMILES string of the molecule is CCNc1nsnc1-c1ccc(Br)cc1. The summed E-state index contributed by atoms with van der Waals surface area (Å²) in [7, 11) is 0. The summed E-state index contributed by atoms with van der Waals surface area (Å²) in [4.78, 5) is 0. The lowest BCUT2D eigenvalue weighted by Gasteiger charge is -2.01. The predicted octanol–water partition coefficient (Wildman–Crippen LogP) is 3.40. The zero-order valence-electron chi connectivity index (χ0n) is 8.20. The van der Waals surface area contributed by atoms with Gasteiger partial charge in [-0.25, -0.2) is 0 Å². The van der Waals surface area contributed by atoms with Gasteiger partial charge in [-0.1, -0.05) is 28.1 Å². The number of nitrogens with one attached hydrogen (secondary N) is 1. The fourth-order valence-electron chi connectivity index (χ4n) is 1.27. The first-order valence-corrected chi connectivity index (χ1v) is 6.16. The molecular formula is C10H10BrN3S. The fourth-order valence-corrected chi connectivity index (χ4v) is 2.08. The van der Waals surface area contributed by atoms with Crippen molar-refractivity contribution in [3.63, 3.8) is 0 Å². The second-order valence-electron chi connectivity index (χ2n) is 3.00. The van der Waals surface area contributed by atoms with Gasteiger partial charge < -0.3 is 5.32 Å². The topological polar surface area (TPSA) is 37.8 Å². The molecule has 0 radical (unpaired) electrons. The van der Waals surface area contributed by atoms with E-state index in [2.05, 4.69) is 30.0 Å². The molecule has 0 aliphatic carbocycles. The molecule has 0 amide bonds. The van der Waals surface area contributed by atoms with E-state index in [1.165, 1.54) is 11.7 Å². The third kappa shape index (κ3) is 2.35. The average Bonchev–Trinajstić information content (AvgIpc) is 2.68. The monoisotopic (exact) mass is 283 g/mol. The molecule has 15 heavy (non-hydrogen) atoms. The lowest BCUT2D eigenvalue weighted by molar-refractivity contribution is 1.19. The van der Waals surface area contributed by atoms with Crippen molar-refractivity contribution in [3.05, 3.63) is 28.7 Å².